The van der Waals surface area contributed by atoms with E-state index in [2.05, 4.69) is 10.4 Å². The van der Waals surface area contributed by atoms with E-state index in [-0.39, 0.29) is 6.04 Å². The Bertz CT molecular complexity index is 1070. The maximum Gasteiger partial charge on any atom is 0.176 e. The van der Waals surface area contributed by atoms with E-state index in [0.717, 1.165) is 73.2 Å². The van der Waals surface area contributed by atoms with E-state index in [4.69, 9.17) is 31.3 Å². The second kappa shape index (κ2) is 8.32. The number of rotatable bonds is 5. The first-order chi connectivity index (χ1) is 14.7. The van der Waals surface area contributed by atoms with Crippen LogP contribution in [0, 0.1) is 0 Å². The number of fused-ring (bicyclic) bond motifs is 2. The summed E-state index contributed by atoms with van der Waals surface area (Å²) in [5.74, 6) is 3.33. The Kier molecular flexibility index (Phi) is 5.39. The molecule has 1 atom stereocenters. The Labute approximate surface area is 180 Å². The van der Waals surface area contributed by atoms with Crippen molar-refractivity contribution in [1.29, 1.82) is 0 Å². The molecule has 7 nitrogen and oxygen atoms in total. The van der Waals surface area contributed by atoms with Gasteiger partial charge in [-0.3, -0.25) is 0 Å². The molecule has 0 saturated heterocycles. The van der Waals surface area contributed by atoms with Gasteiger partial charge in [0.15, 0.2) is 11.6 Å². The highest BCUT2D eigenvalue weighted by molar-refractivity contribution is 6.30. The number of anilines is 1. The smallest absolute Gasteiger partial charge is 0.176 e. The second-order valence-electron chi connectivity index (χ2n) is 7.92. The van der Waals surface area contributed by atoms with Gasteiger partial charge in [-0.15, -0.1) is 0 Å². The summed E-state index contributed by atoms with van der Waals surface area (Å²) in [6.07, 6.45) is 6.36. The predicted molar refractivity (Wildman–Crippen MR) is 115 cm³/mol. The molecule has 5 rings (SSSR count). The fraction of sp³-hybridized carbons (Fsp3) is 0.455. The minimum Gasteiger partial charge on any atom is -0.377 e. The van der Waals surface area contributed by atoms with Crippen LogP contribution in [0.5, 0.6) is 0 Å². The zero-order valence-corrected chi connectivity index (χ0v) is 17.8. The number of nitrogens with zero attached hydrogens (tertiary/aromatic N) is 5. The van der Waals surface area contributed by atoms with Crippen LogP contribution >= 0.6 is 11.6 Å². The summed E-state index contributed by atoms with van der Waals surface area (Å²) >= 11 is 6.22. The SMILES string of the molecule is COCc1nc2n(n1)CCCC2Nc1nc(-c2cccc(Cl)c2)nc2c1CCCC2. The standard InChI is InChI=1S/C22H25ClN6O/c1-30-13-19-26-22-18(10-5-11-29(22)28-19)25-21-16-8-2-3-9-17(16)24-20(27-21)14-6-4-7-15(23)12-14/h4,6-7,12,18H,2-3,5,8-11,13H2,1H3,(H,24,25,27). The van der Waals surface area contributed by atoms with E-state index in [9.17, 15) is 0 Å². The molecule has 3 heterocycles. The van der Waals surface area contributed by atoms with Crippen LogP contribution < -0.4 is 5.32 Å². The van der Waals surface area contributed by atoms with Crippen LogP contribution in [0.3, 0.4) is 0 Å². The van der Waals surface area contributed by atoms with Gasteiger partial charge in [-0.25, -0.2) is 19.6 Å². The lowest BCUT2D eigenvalue weighted by Crippen LogP contribution is -2.24. The number of methoxy groups -OCH3 is 1. The molecule has 0 bridgehead atoms. The van der Waals surface area contributed by atoms with Crippen molar-refractivity contribution in [2.24, 2.45) is 0 Å². The number of ether oxygens (including phenoxy) is 1. The van der Waals surface area contributed by atoms with Gasteiger partial charge in [0.05, 0.1) is 6.04 Å². The largest absolute Gasteiger partial charge is 0.377 e. The Morgan fingerprint density at radius 1 is 1.17 bits per heavy atom. The third kappa shape index (κ3) is 3.79. The number of aryl methyl sites for hydroxylation is 2. The van der Waals surface area contributed by atoms with Gasteiger partial charge in [0.2, 0.25) is 0 Å². The van der Waals surface area contributed by atoms with Gasteiger partial charge in [-0.2, -0.15) is 5.10 Å². The highest BCUT2D eigenvalue weighted by Gasteiger charge is 2.27. The van der Waals surface area contributed by atoms with Crippen LogP contribution in [-0.4, -0.2) is 31.8 Å². The monoisotopic (exact) mass is 424 g/mol. The lowest BCUT2D eigenvalue weighted by atomic mass is 9.95. The van der Waals surface area contributed by atoms with Crippen LogP contribution in [0.1, 0.15) is 54.6 Å². The molecule has 156 valence electrons. The second-order valence-corrected chi connectivity index (χ2v) is 8.36. The number of hydrogen-bond acceptors (Lipinski definition) is 6. The van der Waals surface area contributed by atoms with Crippen molar-refractivity contribution >= 4 is 17.4 Å². The Hall–Kier alpha value is -2.51. The fourth-order valence-electron chi connectivity index (χ4n) is 4.36. The van der Waals surface area contributed by atoms with Gasteiger partial charge in [0.1, 0.15) is 18.2 Å². The average molecular weight is 425 g/mol. The summed E-state index contributed by atoms with van der Waals surface area (Å²) in [5, 5.41) is 8.97. The zero-order valence-electron chi connectivity index (χ0n) is 17.1. The van der Waals surface area contributed by atoms with Crippen molar-refractivity contribution < 1.29 is 4.74 Å². The van der Waals surface area contributed by atoms with Gasteiger partial charge < -0.3 is 10.1 Å². The van der Waals surface area contributed by atoms with Gasteiger partial charge in [0, 0.05) is 35.5 Å². The molecule has 0 spiro atoms. The molecule has 2 aliphatic rings. The Balaban J connectivity index is 1.52. The fourth-order valence-corrected chi connectivity index (χ4v) is 4.55. The topological polar surface area (TPSA) is 77.8 Å². The number of nitrogens with one attached hydrogen (secondary N) is 1. The summed E-state index contributed by atoms with van der Waals surface area (Å²) in [6, 6.07) is 7.81. The quantitative estimate of drug-likeness (QED) is 0.655. The van der Waals surface area contributed by atoms with Gasteiger partial charge in [-0.1, -0.05) is 23.7 Å². The highest BCUT2D eigenvalue weighted by Crippen LogP contribution is 2.33. The molecule has 1 aliphatic carbocycles. The van der Waals surface area contributed by atoms with Crippen molar-refractivity contribution in [3.8, 4) is 11.4 Å². The molecule has 3 aromatic rings. The molecule has 8 heteroatoms. The van der Waals surface area contributed by atoms with Crippen LogP contribution in [0.25, 0.3) is 11.4 Å². The highest BCUT2D eigenvalue weighted by atomic mass is 35.5. The van der Waals surface area contributed by atoms with Crippen molar-refractivity contribution in [2.45, 2.75) is 57.7 Å². The minimum atomic E-state index is 0.0741. The maximum absolute atomic E-state index is 6.22. The number of aromatic nitrogens is 5. The van der Waals surface area contributed by atoms with Crippen molar-refractivity contribution in [2.75, 3.05) is 12.4 Å². The minimum absolute atomic E-state index is 0.0741. The maximum atomic E-state index is 6.22. The first kappa shape index (κ1) is 19.5. The summed E-state index contributed by atoms with van der Waals surface area (Å²) in [6.45, 7) is 1.31. The van der Waals surface area contributed by atoms with Crippen molar-refractivity contribution in [3.05, 3.63) is 52.2 Å². The summed E-state index contributed by atoms with van der Waals surface area (Å²) in [4.78, 5) is 14.6. The summed E-state index contributed by atoms with van der Waals surface area (Å²) in [7, 11) is 1.67. The molecule has 2 aromatic heterocycles. The molecule has 0 fully saturated rings. The molecular formula is C22H25ClN6O. The Morgan fingerprint density at radius 2 is 2.07 bits per heavy atom. The lowest BCUT2D eigenvalue weighted by Gasteiger charge is -2.26. The number of benzene rings is 1. The first-order valence-electron chi connectivity index (χ1n) is 10.6. The molecule has 0 radical (unpaired) electrons. The summed E-state index contributed by atoms with van der Waals surface area (Å²) in [5.41, 5.74) is 3.32. The number of halogens is 1. The molecule has 0 saturated carbocycles. The van der Waals surface area contributed by atoms with E-state index < -0.39 is 0 Å². The third-order valence-corrected chi connectivity index (χ3v) is 6.00. The van der Waals surface area contributed by atoms with Crippen LogP contribution in [0.2, 0.25) is 5.02 Å². The van der Waals surface area contributed by atoms with Crippen LogP contribution in [0.4, 0.5) is 5.82 Å². The normalized spacial score (nSPS) is 18.0. The van der Waals surface area contributed by atoms with E-state index >= 15 is 0 Å². The van der Waals surface area contributed by atoms with Gasteiger partial charge in [0.25, 0.3) is 0 Å². The molecule has 0 amide bonds. The molecule has 30 heavy (non-hydrogen) atoms. The lowest BCUT2D eigenvalue weighted by molar-refractivity contribution is 0.177. The zero-order chi connectivity index (χ0) is 20.5. The van der Waals surface area contributed by atoms with Crippen LogP contribution in [0.15, 0.2) is 24.3 Å². The van der Waals surface area contributed by atoms with Crippen molar-refractivity contribution in [1.82, 2.24) is 24.7 Å². The van der Waals surface area contributed by atoms with E-state index in [0.29, 0.717) is 11.6 Å². The van der Waals surface area contributed by atoms with E-state index in [1.165, 1.54) is 12.0 Å². The van der Waals surface area contributed by atoms with E-state index in [1.807, 2.05) is 28.9 Å². The molecule has 1 aliphatic heterocycles. The predicted octanol–water partition coefficient (Wildman–Crippen LogP) is 4.36. The third-order valence-electron chi connectivity index (χ3n) is 5.77. The van der Waals surface area contributed by atoms with Gasteiger partial charge in [-0.05, 0) is 50.7 Å². The molecule has 1 unspecified atom stereocenters. The number of hydrogen-bond donors (Lipinski definition) is 1. The Morgan fingerprint density at radius 3 is 2.93 bits per heavy atom. The molecular weight excluding hydrogens is 400 g/mol. The average Bonchev–Trinajstić information content (AvgIpc) is 3.18. The summed E-state index contributed by atoms with van der Waals surface area (Å²) < 4.78 is 7.22. The van der Waals surface area contributed by atoms with Gasteiger partial charge >= 0.3 is 0 Å². The van der Waals surface area contributed by atoms with E-state index in [1.54, 1.807) is 7.11 Å². The molecule has 1 aromatic carbocycles. The van der Waals surface area contributed by atoms with Crippen molar-refractivity contribution in [3.63, 3.8) is 0 Å². The molecule has 1 N–H and O–H groups in total. The first-order valence-corrected chi connectivity index (χ1v) is 10.9. The van der Waals surface area contributed by atoms with Crippen LogP contribution in [-0.2, 0) is 30.7 Å².